The lowest BCUT2D eigenvalue weighted by molar-refractivity contribution is -0.137. The third-order valence-electron chi connectivity index (χ3n) is 5.22. The van der Waals surface area contributed by atoms with E-state index < -0.39 is 11.7 Å². The summed E-state index contributed by atoms with van der Waals surface area (Å²) in [6, 6.07) is 8.24. The number of halogens is 5. The second-order valence-electron chi connectivity index (χ2n) is 7.54. The van der Waals surface area contributed by atoms with Gasteiger partial charge in [0.25, 0.3) is 0 Å². The highest BCUT2D eigenvalue weighted by Gasteiger charge is 2.31. The first kappa shape index (κ1) is 25.7. The first-order chi connectivity index (χ1) is 16.1. The van der Waals surface area contributed by atoms with E-state index in [9.17, 15) is 18.3 Å². The fraction of sp³-hybridized carbons (Fsp3) is 0.304. The zero-order valence-electron chi connectivity index (χ0n) is 18.4. The molecule has 1 saturated heterocycles. The highest BCUT2D eigenvalue weighted by atomic mass is 35.5. The number of aromatic hydroxyl groups is 1. The number of amidine groups is 1. The number of hydrogen-bond donors (Lipinski definition) is 2. The van der Waals surface area contributed by atoms with Gasteiger partial charge in [-0.25, -0.2) is 9.98 Å². The zero-order chi connectivity index (χ0) is 24.9. The molecule has 0 bridgehead atoms. The van der Waals surface area contributed by atoms with Crippen LogP contribution in [0.2, 0.25) is 10.0 Å². The van der Waals surface area contributed by atoms with E-state index in [1.807, 2.05) is 17.9 Å². The maximum absolute atomic E-state index is 13.0. The summed E-state index contributed by atoms with van der Waals surface area (Å²) < 4.78 is 39.1. The summed E-state index contributed by atoms with van der Waals surface area (Å²) in [6.07, 6.45) is -0.435. The molecule has 6 nitrogen and oxygen atoms in total. The molecule has 0 saturated carbocycles. The van der Waals surface area contributed by atoms with E-state index in [0.29, 0.717) is 37.6 Å². The third kappa shape index (κ3) is 6.36. The van der Waals surface area contributed by atoms with Gasteiger partial charge < -0.3 is 20.6 Å². The van der Waals surface area contributed by atoms with Crippen LogP contribution in [0.1, 0.15) is 18.9 Å². The molecule has 0 spiro atoms. The Morgan fingerprint density at radius 2 is 1.76 bits per heavy atom. The van der Waals surface area contributed by atoms with Crippen molar-refractivity contribution in [3.63, 3.8) is 0 Å². The number of benzene rings is 2. The minimum absolute atomic E-state index is 0.0711. The van der Waals surface area contributed by atoms with Gasteiger partial charge in [-0.1, -0.05) is 42.3 Å². The van der Waals surface area contributed by atoms with Crippen LogP contribution in [0.5, 0.6) is 5.75 Å². The van der Waals surface area contributed by atoms with Gasteiger partial charge >= 0.3 is 6.18 Å². The Morgan fingerprint density at radius 3 is 2.35 bits per heavy atom. The minimum atomic E-state index is -4.38. The molecule has 34 heavy (non-hydrogen) atoms. The maximum atomic E-state index is 13.0. The van der Waals surface area contributed by atoms with Gasteiger partial charge in [0, 0.05) is 31.9 Å². The molecule has 3 rings (SSSR count). The summed E-state index contributed by atoms with van der Waals surface area (Å²) in [5.74, 6) is 0.0387. The second kappa shape index (κ2) is 11.0. The van der Waals surface area contributed by atoms with Crippen LogP contribution in [-0.4, -0.2) is 48.4 Å². The van der Waals surface area contributed by atoms with Gasteiger partial charge in [-0.15, -0.1) is 0 Å². The average molecular weight is 514 g/mol. The van der Waals surface area contributed by atoms with Crippen molar-refractivity contribution >= 4 is 46.8 Å². The molecule has 0 atom stereocenters. The number of nitrogens with two attached hydrogens (primary N) is 1. The number of alkyl halides is 3. The van der Waals surface area contributed by atoms with Crippen LogP contribution in [0.25, 0.3) is 0 Å². The van der Waals surface area contributed by atoms with Crippen molar-refractivity contribution < 1.29 is 18.3 Å². The summed E-state index contributed by atoms with van der Waals surface area (Å²) in [5.41, 5.74) is 7.23. The molecule has 182 valence electrons. The van der Waals surface area contributed by atoms with Crippen LogP contribution in [-0.2, 0) is 6.18 Å². The number of hydrogen-bond acceptors (Lipinski definition) is 4. The van der Waals surface area contributed by atoms with Crippen molar-refractivity contribution in [1.82, 2.24) is 4.90 Å². The molecule has 11 heteroatoms. The third-order valence-corrected chi connectivity index (χ3v) is 5.80. The van der Waals surface area contributed by atoms with Crippen LogP contribution in [0.15, 0.2) is 58.2 Å². The predicted molar refractivity (Wildman–Crippen MR) is 132 cm³/mol. The Hall–Kier alpha value is -2.91. The largest absolute Gasteiger partial charge is 0.505 e. The minimum Gasteiger partial charge on any atom is -0.505 e. The molecule has 2 aromatic carbocycles. The molecule has 1 aliphatic heterocycles. The molecule has 0 aliphatic carbocycles. The lowest BCUT2D eigenvalue weighted by atomic mass is 10.1. The molecule has 0 amide bonds. The smallest absolute Gasteiger partial charge is 0.416 e. The van der Waals surface area contributed by atoms with E-state index in [2.05, 4.69) is 14.9 Å². The molecule has 0 unspecified atom stereocenters. The van der Waals surface area contributed by atoms with E-state index in [1.54, 1.807) is 6.07 Å². The van der Waals surface area contributed by atoms with E-state index >= 15 is 0 Å². The van der Waals surface area contributed by atoms with Crippen LogP contribution in [0.4, 0.5) is 24.5 Å². The molecule has 2 aromatic rings. The molecule has 0 aromatic heterocycles. The number of phenolic OH excluding ortho intramolecular Hbond substituents is 1. The monoisotopic (exact) mass is 513 g/mol. The van der Waals surface area contributed by atoms with Crippen LogP contribution < -0.4 is 10.6 Å². The summed E-state index contributed by atoms with van der Waals surface area (Å²) in [7, 11) is 0. The van der Waals surface area contributed by atoms with Crippen molar-refractivity contribution in [2.75, 3.05) is 31.1 Å². The topological polar surface area (TPSA) is 77.4 Å². The van der Waals surface area contributed by atoms with Gasteiger partial charge in [-0.05, 0) is 36.8 Å². The first-order valence-corrected chi connectivity index (χ1v) is 11.3. The number of piperazine rings is 1. The van der Waals surface area contributed by atoms with E-state index in [0.717, 1.165) is 18.2 Å². The first-order valence-electron chi connectivity index (χ1n) is 10.5. The Labute approximate surface area is 205 Å². The molecular formula is C23H24Cl2F3N5O. The van der Waals surface area contributed by atoms with Crippen LogP contribution >= 0.6 is 23.2 Å². The highest BCUT2D eigenvalue weighted by molar-refractivity contribution is 6.37. The molecule has 1 heterocycles. The van der Waals surface area contributed by atoms with Crippen molar-refractivity contribution in [3.05, 3.63) is 63.8 Å². The fourth-order valence-electron chi connectivity index (χ4n) is 3.52. The van der Waals surface area contributed by atoms with Gasteiger partial charge in [0.05, 0.1) is 27.0 Å². The average Bonchev–Trinajstić information content (AvgIpc) is 2.80. The Morgan fingerprint density at radius 1 is 1.12 bits per heavy atom. The lowest BCUT2D eigenvalue weighted by Crippen LogP contribution is -2.48. The zero-order valence-corrected chi connectivity index (χ0v) is 19.9. The van der Waals surface area contributed by atoms with E-state index in [-0.39, 0.29) is 21.6 Å². The summed E-state index contributed by atoms with van der Waals surface area (Å²) >= 11 is 11.8. The fourth-order valence-corrected chi connectivity index (χ4v) is 4.00. The molecule has 0 radical (unpaired) electrons. The van der Waals surface area contributed by atoms with E-state index in [1.165, 1.54) is 30.6 Å². The summed E-state index contributed by atoms with van der Waals surface area (Å²) in [5, 5.41) is 9.77. The number of allylic oxidation sites excluding steroid dienone is 1. The quantitative estimate of drug-likeness (QED) is 0.375. The highest BCUT2D eigenvalue weighted by Crippen LogP contribution is 2.35. The molecule has 3 N–H and O–H groups in total. The Bertz CT molecular complexity index is 1090. The standard InChI is InChI=1S/C23H24Cl2F3N5O/c1-2-4-20(22(29)31-14-30-16-12-18(24)21(34)19(25)13-16)33-9-7-32(8-10-33)17-6-3-5-15(11-17)23(26,27)28/h3-6,11-14,34H,2,7-10H2,1H3,(H2,29,30,31)/b20-4-. The summed E-state index contributed by atoms with van der Waals surface area (Å²) in [6.45, 7) is 4.18. The summed E-state index contributed by atoms with van der Waals surface area (Å²) in [4.78, 5) is 12.3. The van der Waals surface area contributed by atoms with Crippen molar-refractivity contribution in [2.24, 2.45) is 15.7 Å². The van der Waals surface area contributed by atoms with Gasteiger partial charge in [0.15, 0.2) is 5.75 Å². The van der Waals surface area contributed by atoms with Gasteiger partial charge in [0.2, 0.25) is 0 Å². The van der Waals surface area contributed by atoms with Gasteiger partial charge in [-0.3, -0.25) is 0 Å². The van der Waals surface area contributed by atoms with E-state index in [4.69, 9.17) is 28.9 Å². The van der Waals surface area contributed by atoms with Crippen LogP contribution in [0, 0.1) is 0 Å². The number of nitrogens with zero attached hydrogens (tertiary/aromatic N) is 4. The SMILES string of the molecule is CC/C=C(/C(N)=NC=Nc1cc(Cl)c(O)c(Cl)c1)N1CCN(c2cccc(C(F)(F)F)c2)CC1. The number of rotatable bonds is 6. The van der Waals surface area contributed by atoms with Gasteiger partial charge in [-0.2, -0.15) is 13.2 Å². The normalized spacial score (nSPS) is 15.9. The molecule has 1 fully saturated rings. The number of phenols is 1. The van der Waals surface area contributed by atoms with Crippen LogP contribution in [0.3, 0.4) is 0 Å². The Balaban J connectivity index is 1.69. The molecule has 1 aliphatic rings. The van der Waals surface area contributed by atoms with Crippen molar-refractivity contribution in [3.8, 4) is 5.75 Å². The Kier molecular flexibility index (Phi) is 8.33. The number of aliphatic imine (C=N–C) groups is 2. The molecular weight excluding hydrogens is 490 g/mol. The maximum Gasteiger partial charge on any atom is 0.416 e. The van der Waals surface area contributed by atoms with Gasteiger partial charge in [0.1, 0.15) is 12.2 Å². The predicted octanol–water partition coefficient (Wildman–Crippen LogP) is 5.85. The number of anilines is 1. The lowest BCUT2D eigenvalue weighted by Gasteiger charge is -2.38. The van der Waals surface area contributed by atoms with Crippen molar-refractivity contribution in [2.45, 2.75) is 19.5 Å². The van der Waals surface area contributed by atoms with Crippen molar-refractivity contribution in [1.29, 1.82) is 0 Å². The second-order valence-corrected chi connectivity index (χ2v) is 8.35.